The standard InChI is InChI=1S/C17H15ClN4O2/c1-24-11-13-14(18)4-2-5-15(13)21-17(23)16-10-12(6-8-19-16)22-9-3-7-20-22/h2-10H,11H2,1H3,(H,21,23). The minimum absolute atomic E-state index is 0.284. The number of nitrogens with one attached hydrogen (secondary N) is 1. The summed E-state index contributed by atoms with van der Waals surface area (Å²) in [7, 11) is 1.57. The molecule has 7 heteroatoms. The number of benzene rings is 1. The van der Waals surface area contributed by atoms with Gasteiger partial charge in [0.25, 0.3) is 5.91 Å². The molecule has 0 aliphatic rings. The minimum Gasteiger partial charge on any atom is -0.380 e. The molecule has 2 heterocycles. The van der Waals surface area contributed by atoms with Crippen LogP contribution in [-0.2, 0) is 11.3 Å². The summed E-state index contributed by atoms with van der Waals surface area (Å²) in [6, 6.07) is 10.5. The van der Waals surface area contributed by atoms with E-state index in [2.05, 4.69) is 15.4 Å². The molecule has 0 atom stereocenters. The second-order valence-electron chi connectivity index (χ2n) is 5.00. The highest BCUT2D eigenvalue weighted by Gasteiger charge is 2.13. The molecule has 3 aromatic rings. The molecule has 6 nitrogen and oxygen atoms in total. The molecular weight excluding hydrogens is 328 g/mol. The van der Waals surface area contributed by atoms with Crippen LogP contribution in [0.5, 0.6) is 0 Å². The first kappa shape index (κ1) is 16.2. The summed E-state index contributed by atoms with van der Waals surface area (Å²) in [4.78, 5) is 16.6. The molecule has 0 saturated carbocycles. The molecule has 1 N–H and O–H groups in total. The van der Waals surface area contributed by atoms with Gasteiger partial charge in [-0.1, -0.05) is 17.7 Å². The van der Waals surface area contributed by atoms with Gasteiger partial charge >= 0.3 is 0 Å². The fourth-order valence-electron chi connectivity index (χ4n) is 2.26. The van der Waals surface area contributed by atoms with Crippen molar-refractivity contribution in [2.24, 2.45) is 0 Å². The molecule has 24 heavy (non-hydrogen) atoms. The number of rotatable bonds is 5. The lowest BCUT2D eigenvalue weighted by atomic mass is 10.1. The second kappa shape index (κ2) is 7.25. The second-order valence-corrected chi connectivity index (χ2v) is 5.41. The highest BCUT2D eigenvalue weighted by molar-refractivity contribution is 6.31. The van der Waals surface area contributed by atoms with Crippen LogP contribution in [0.4, 0.5) is 5.69 Å². The number of methoxy groups -OCH3 is 1. The van der Waals surface area contributed by atoms with Crippen LogP contribution in [0.1, 0.15) is 16.1 Å². The average molecular weight is 343 g/mol. The van der Waals surface area contributed by atoms with Gasteiger partial charge in [0.1, 0.15) is 5.69 Å². The fourth-order valence-corrected chi connectivity index (χ4v) is 2.49. The Balaban J connectivity index is 1.86. The van der Waals surface area contributed by atoms with Crippen molar-refractivity contribution in [3.05, 3.63) is 71.3 Å². The molecule has 0 fully saturated rings. The maximum Gasteiger partial charge on any atom is 0.274 e. The maximum absolute atomic E-state index is 12.5. The molecule has 0 aliphatic heterocycles. The molecule has 0 saturated heterocycles. The molecule has 122 valence electrons. The molecule has 1 amide bonds. The van der Waals surface area contributed by atoms with Gasteiger partial charge in [0.2, 0.25) is 0 Å². The first-order valence-electron chi connectivity index (χ1n) is 7.23. The number of aromatic nitrogens is 3. The highest BCUT2D eigenvalue weighted by atomic mass is 35.5. The van der Waals surface area contributed by atoms with E-state index >= 15 is 0 Å². The van der Waals surface area contributed by atoms with Crippen molar-refractivity contribution in [2.45, 2.75) is 6.61 Å². The number of anilines is 1. The van der Waals surface area contributed by atoms with Gasteiger partial charge in [0.15, 0.2) is 0 Å². The van der Waals surface area contributed by atoms with Crippen molar-refractivity contribution in [1.29, 1.82) is 0 Å². The zero-order valence-corrected chi connectivity index (χ0v) is 13.7. The lowest BCUT2D eigenvalue weighted by Crippen LogP contribution is -2.15. The van der Waals surface area contributed by atoms with Crippen LogP contribution in [0.3, 0.4) is 0 Å². The number of ether oxygens (including phenoxy) is 1. The Kier molecular flexibility index (Phi) is 4.88. The third-order valence-corrected chi connectivity index (χ3v) is 3.75. The van der Waals surface area contributed by atoms with Crippen LogP contribution in [0.15, 0.2) is 55.0 Å². The summed E-state index contributed by atoms with van der Waals surface area (Å²) in [5, 5.41) is 7.51. The Hall–Kier alpha value is -2.70. The lowest BCUT2D eigenvalue weighted by Gasteiger charge is -2.12. The van der Waals surface area contributed by atoms with Crippen LogP contribution in [0.25, 0.3) is 5.69 Å². The predicted molar refractivity (Wildman–Crippen MR) is 91.5 cm³/mol. The van der Waals surface area contributed by atoms with Crippen molar-refractivity contribution in [2.75, 3.05) is 12.4 Å². The SMILES string of the molecule is COCc1c(Cl)cccc1NC(=O)c1cc(-n2cccn2)ccn1. The van der Waals surface area contributed by atoms with Crippen LogP contribution >= 0.6 is 11.6 Å². The Labute approximate surface area is 144 Å². The minimum atomic E-state index is -0.330. The van der Waals surface area contributed by atoms with Crippen LogP contribution in [-0.4, -0.2) is 27.8 Å². The van der Waals surface area contributed by atoms with E-state index in [-0.39, 0.29) is 11.6 Å². The smallest absolute Gasteiger partial charge is 0.274 e. The molecule has 0 aliphatic carbocycles. The van der Waals surface area contributed by atoms with Crippen molar-refractivity contribution in [3.63, 3.8) is 0 Å². The molecule has 1 aromatic carbocycles. The van der Waals surface area contributed by atoms with Gasteiger partial charge in [0, 0.05) is 42.0 Å². The van der Waals surface area contributed by atoms with E-state index in [1.165, 1.54) is 0 Å². The van der Waals surface area contributed by atoms with Crippen LogP contribution in [0, 0.1) is 0 Å². The van der Waals surface area contributed by atoms with Gasteiger partial charge in [-0.3, -0.25) is 9.78 Å². The van der Waals surface area contributed by atoms with Crippen LogP contribution in [0.2, 0.25) is 5.02 Å². The molecule has 3 rings (SSSR count). The Morgan fingerprint density at radius 1 is 1.29 bits per heavy atom. The Bertz CT molecular complexity index is 850. The molecule has 2 aromatic heterocycles. The Morgan fingerprint density at radius 3 is 2.92 bits per heavy atom. The number of amides is 1. The van der Waals surface area contributed by atoms with Gasteiger partial charge in [-0.2, -0.15) is 5.10 Å². The molecule has 0 spiro atoms. The van der Waals surface area contributed by atoms with E-state index in [1.54, 1.807) is 60.7 Å². The lowest BCUT2D eigenvalue weighted by molar-refractivity contribution is 0.102. The summed E-state index contributed by atoms with van der Waals surface area (Å²) < 4.78 is 6.80. The topological polar surface area (TPSA) is 69.0 Å². The van der Waals surface area contributed by atoms with Crippen LogP contribution < -0.4 is 5.32 Å². The van der Waals surface area contributed by atoms with Crippen molar-refractivity contribution in [1.82, 2.24) is 14.8 Å². The van der Waals surface area contributed by atoms with Crippen molar-refractivity contribution < 1.29 is 9.53 Å². The predicted octanol–water partition coefficient (Wildman–Crippen LogP) is 3.32. The molecule has 0 unspecified atom stereocenters. The van der Waals surface area contributed by atoms with E-state index in [4.69, 9.17) is 16.3 Å². The van der Waals surface area contributed by atoms with E-state index in [0.717, 1.165) is 11.3 Å². The van der Waals surface area contributed by atoms with E-state index < -0.39 is 0 Å². The number of carbonyl (C=O) groups is 1. The number of hydrogen-bond donors (Lipinski definition) is 1. The summed E-state index contributed by atoms with van der Waals surface area (Å²) in [5.74, 6) is -0.330. The van der Waals surface area contributed by atoms with Gasteiger partial charge in [-0.15, -0.1) is 0 Å². The number of carbonyl (C=O) groups excluding carboxylic acids is 1. The van der Waals surface area contributed by atoms with Gasteiger partial charge in [-0.05, 0) is 30.3 Å². The zero-order valence-electron chi connectivity index (χ0n) is 12.9. The monoisotopic (exact) mass is 342 g/mol. The number of pyridine rings is 1. The summed E-state index contributed by atoms with van der Waals surface area (Å²) in [6.07, 6.45) is 5.04. The van der Waals surface area contributed by atoms with Gasteiger partial charge in [0.05, 0.1) is 12.3 Å². The maximum atomic E-state index is 12.5. The fraction of sp³-hybridized carbons (Fsp3) is 0.118. The molecular formula is C17H15ClN4O2. The third kappa shape index (κ3) is 3.45. The summed E-state index contributed by atoms with van der Waals surface area (Å²) >= 11 is 6.17. The largest absolute Gasteiger partial charge is 0.380 e. The summed E-state index contributed by atoms with van der Waals surface area (Å²) in [6.45, 7) is 0.302. The highest BCUT2D eigenvalue weighted by Crippen LogP contribution is 2.25. The van der Waals surface area contributed by atoms with Gasteiger partial charge < -0.3 is 10.1 Å². The van der Waals surface area contributed by atoms with E-state index in [1.807, 2.05) is 6.07 Å². The number of nitrogens with zero attached hydrogens (tertiary/aromatic N) is 3. The normalized spacial score (nSPS) is 10.6. The first-order valence-corrected chi connectivity index (χ1v) is 7.60. The Morgan fingerprint density at radius 2 is 2.17 bits per heavy atom. The van der Waals surface area contributed by atoms with Gasteiger partial charge in [-0.25, -0.2) is 4.68 Å². The van der Waals surface area contributed by atoms with Crippen molar-refractivity contribution >= 4 is 23.2 Å². The average Bonchev–Trinajstić information content (AvgIpc) is 3.13. The number of halogens is 1. The number of hydrogen-bond acceptors (Lipinski definition) is 4. The third-order valence-electron chi connectivity index (χ3n) is 3.40. The van der Waals surface area contributed by atoms with E-state index in [0.29, 0.717) is 17.3 Å². The quantitative estimate of drug-likeness (QED) is 0.772. The first-order chi connectivity index (χ1) is 11.7. The molecule has 0 radical (unpaired) electrons. The summed E-state index contributed by atoms with van der Waals surface area (Å²) in [5.41, 5.74) is 2.36. The zero-order chi connectivity index (χ0) is 16.9. The molecule has 0 bridgehead atoms. The van der Waals surface area contributed by atoms with Crippen molar-refractivity contribution in [3.8, 4) is 5.69 Å². The van der Waals surface area contributed by atoms with E-state index in [9.17, 15) is 4.79 Å².